The Morgan fingerprint density at radius 1 is 1.69 bits per heavy atom. The van der Waals surface area contributed by atoms with Gasteiger partial charge >= 0.3 is 0 Å². The average molecular weight is 222 g/mol. The Morgan fingerprint density at radius 3 is 2.81 bits per heavy atom. The van der Waals surface area contributed by atoms with Gasteiger partial charge in [0.15, 0.2) is 0 Å². The van der Waals surface area contributed by atoms with Crippen molar-refractivity contribution in [1.82, 2.24) is 14.7 Å². The molecule has 0 unspecified atom stereocenters. The lowest BCUT2D eigenvalue weighted by Crippen LogP contribution is -2.58. The highest BCUT2D eigenvalue weighted by atomic mass is 16.2. The highest BCUT2D eigenvalue weighted by molar-refractivity contribution is 5.86. The summed E-state index contributed by atoms with van der Waals surface area (Å²) in [6, 6.07) is 0. The molecule has 5 nitrogen and oxygen atoms in total. The zero-order valence-corrected chi connectivity index (χ0v) is 9.81. The molecule has 1 aromatic rings. The van der Waals surface area contributed by atoms with Gasteiger partial charge in [0.05, 0.1) is 11.7 Å². The molecule has 1 aliphatic rings. The fourth-order valence-corrected chi connectivity index (χ4v) is 2.05. The molecule has 2 N–H and O–H groups in total. The van der Waals surface area contributed by atoms with Gasteiger partial charge in [0.1, 0.15) is 0 Å². The Kier molecular flexibility index (Phi) is 2.71. The van der Waals surface area contributed by atoms with E-state index in [0.29, 0.717) is 6.54 Å². The van der Waals surface area contributed by atoms with Crippen LogP contribution >= 0.6 is 0 Å². The standard InChI is InChI=1S/C11H18N4O/c1-14(7-9-6-13-15(2)8-9)10(16)11(12)4-3-5-11/h6,8H,3-5,7,12H2,1-2H3. The monoisotopic (exact) mass is 222 g/mol. The molecule has 2 rings (SSSR count). The fraction of sp³-hybridized carbons (Fsp3) is 0.636. The van der Waals surface area contributed by atoms with Crippen LogP contribution in [-0.2, 0) is 18.4 Å². The molecule has 1 aliphatic carbocycles. The summed E-state index contributed by atoms with van der Waals surface area (Å²) < 4.78 is 1.73. The lowest BCUT2D eigenvalue weighted by Gasteiger charge is -2.39. The largest absolute Gasteiger partial charge is 0.340 e. The number of rotatable bonds is 3. The van der Waals surface area contributed by atoms with Crippen LogP contribution in [0.1, 0.15) is 24.8 Å². The van der Waals surface area contributed by atoms with E-state index in [1.807, 2.05) is 13.2 Å². The van der Waals surface area contributed by atoms with E-state index < -0.39 is 5.54 Å². The molecule has 0 spiro atoms. The summed E-state index contributed by atoms with van der Waals surface area (Å²) >= 11 is 0. The van der Waals surface area contributed by atoms with E-state index in [2.05, 4.69) is 5.10 Å². The minimum absolute atomic E-state index is 0.0441. The molecule has 1 fully saturated rings. The number of nitrogens with zero attached hydrogens (tertiary/aromatic N) is 3. The number of hydrogen-bond acceptors (Lipinski definition) is 3. The number of carbonyl (C=O) groups is 1. The van der Waals surface area contributed by atoms with E-state index in [9.17, 15) is 4.79 Å². The fourth-order valence-electron chi connectivity index (χ4n) is 2.05. The molecule has 1 saturated carbocycles. The number of carbonyl (C=O) groups excluding carboxylic acids is 1. The van der Waals surface area contributed by atoms with Crippen molar-refractivity contribution >= 4 is 5.91 Å². The van der Waals surface area contributed by atoms with Crippen molar-refractivity contribution in [1.29, 1.82) is 0 Å². The quantitative estimate of drug-likeness (QED) is 0.798. The van der Waals surface area contributed by atoms with Crippen molar-refractivity contribution in [2.24, 2.45) is 12.8 Å². The summed E-state index contributed by atoms with van der Waals surface area (Å²) in [6.45, 7) is 0.575. The summed E-state index contributed by atoms with van der Waals surface area (Å²) in [5, 5.41) is 4.07. The SMILES string of the molecule is CN(Cc1cnn(C)c1)C(=O)C1(N)CCC1. The predicted octanol–water partition coefficient (Wildman–Crippen LogP) is 0.260. The maximum Gasteiger partial charge on any atom is 0.242 e. The number of aryl methyl sites for hydroxylation is 1. The summed E-state index contributed by atoms with van der Waals surface area (Å²) in [6.07, 6.45) is 6.36. The maximum absolute atomic E-state index is 12.0. The first-order valence-corrected chi connectivity index (χ1v) is 5.53. The highest BCUT2D eigenvalue weighted by Crippen LogP contribution is 2.30. The van der Waals surface area contributed by atoms with Crippen LogP contribution in [0.15, 0.2) is 12.4 Å². The molecule has 5 heteroatoms. The molecular formula is C11H18N4O. The highest BCUT2D eigenvalue weighted by Gasteiger charge is 2.41. The minimum atomic E-state index is -0.600. The Morgan fingerprint density at radius 2 is 2.38 bits per heavy atom. The number of amides is 1. The van der Waals surface area contributed by atoms with E-state index in [1.165, 1.54) is 0 Å². The topological polar surface area (TPSA) is 64.2 Å². The van der Waals surface area contributed by atoms with E-state index in [4.69, 9.17) is 5.73 Å². The van der Waals surface area contributed by atoms with Crippen LogP contribution < -0.4 is 5.73 Å². The van der Waals surface area contributed by atoms with Crippen LogP contribution in [0.3, 0.4) is 0 Å². The molecule has 88 valence electrons. The summed E-state index contributed by atoms with van der Waals surface area (Å²) in [5.74, 6) is 0.0441. The molecule has 0 aliphatic heterocycles. The normalized spacial score (nSPS) is 17.9. The summed E-state index contributed by atoms with van der Waals surface area (Å²) in [5.41, 5.74) is 6.42. The molecule has 0 bridgehead atoms. The van der Waals surface area contributed by atoms with Gasteiger partial charge < -0.3 is 10.6 Å². The van der Waals surface area contributed by atoms with Crippen molar-refractivity contribution in [3.8, 4) is 0 Å². The van der Waals surface area contributed by atoms with E-state index >= 15 is 0 Å². The van der Waals surface area contributed by atoms with Crippen molar-refractivity contribution in [3.63, 3.8) is 0 Å². The zero-order chi connectivity index (χ0) is 11.8. The van der Waals surface area contributed by atoms with Crippen molar-refractivity contribution in [3.05, 3.63) is 18.0 Å². The molecule has 16 heavy (non-hydrogen) atoms. The Hall–Kier alpha value is -1.36. The van der Waals surface area contributed by atoms with Crippen molar-refractivity contribution in [2.45, 2.75) is 31.3 Å². The first kappa shape index (κ1) is 11.1. The second-order valence-corrected chi connectivity index (χ2v) is 4.69. The van der Waals surface area contributed by atoms with Gasteiger partial charge in [-0.05, 0) is 19.3 Å². The van der Waals surface area contributed by atoms with Crippen molar-refractivity contribution in [2.75, 3.05) is 7.05 Å². The summed E-state index contributed by atoms with van der Waals surface area (Å²) in [4.78, 5) is 13.7. The van der Waals surface area contributed by atoms with Gasteiger partial charge in [-0.2, -0.15) is 5.10 Å². The van der Waals surface area contributed by atoms with Crippen molar-refractivity contribution < 1.29 is 4.79 Å². The van der Waals surface area contributed by atoms with E-state index in [0.717, 1.165) is 24.8 Å². The van der Waals surface area contributed by atoms with Gasteiger partial charge in [0, 0.05) is 32.4 Å². The lowest BCUT2D eigenvalue weighted by molar-refractivity contribution is -0.139. The van der Waals surface area contributed by atoms with Crippen LogP contribution in [0.5, 0.6) is 0 Å². The van der Waals surface area contributed by atoms with Gasteiger partial charge in [-0.3, -0.25) is 9.48 Å². The predicted molar refractivity (Wildman–Crippen MR) is 60.5 cm³/mol. The first-order chi connectivity index (χ1) is 7.51. The van der Waals surface area contributed by atoms with E-state index in [1.54, 1.807) is 22.8 Å². The molecule has 0 radical (unpaired) electrons. The molecule has 1 aromatic heterocycles. The molecular weight excluding hydrogens is 204 g/mol. The molecule has 0 aromatic carbocycles. The Bertz CT molecular complexity index is 394. The summed E-state index contributed by atoms with van der Waals surface area (Å²) in [7, 11) is 3.66. The van der Waals surface area contributed by atoms with Crippen LogP contribution in [0, 0.1) is 0 Å². The number of aromatic nitrogens is 2. The third-order valence-electron chi connectivity index (χ3n) is 3.20. The van der Waals surface area contributed by atoms with Gasteiger partial charge in [-0.15, -0.1) is 0 Å². The molecule has 1 amide bonds. The third kappa shape index (κ3) is 1.95. The van der Waals surface area contributed by atoms with Crippen LogP contribution in [0.2, 0.25) is 0 Å². The lowest BCUT2D eigenvalue weighted by atomic mass is 9.76. The maximum atomic E-state index is 12.0. The van der Waals surface area contributed by atoms with Crippen LogP contribution in [0.25, 0.3) is 0 Å². The molecule has 1 heterocycles. The number of hydrogen-bond donors (Lipinski definition) is 1. The van der Waals surface area contributed by atoms with Gasteiger partial charge in [-0.1, -0.05) is 0 Å². The van der Waals surface area contributed by atoms with E-state index in [-0.39, 0.29) is 5.91 Å². The van der Waals surface area contributed by atoms with Crippen LogP contribution in [0.4, 0.5) is 0 Å². The van der Waals surface area contributed by atoms with Gasteiger partial charge in [0.2, 0.25) is 5.91 Å². The van der Waals surface area contributed by atoms with Gasteiger partial charge in [0.25, 0.3) is 0 Å². The minimum Gasteiger partial charge on any atom is -0.340 e. The number of nitrogens with two attached hydrogens (primary N) is 1. The molecule has 0 atom stereocenters. The number of likely N-dealkylation sites (N-methyl/N-ethyl adjacent to an activating group) is 1. The van der Waals surface area contributed by atoms with Crippen LogP contribution in [-0.4, -0.2) is 33.2 Å². The Labute approximate surface area is 95.2 Å². The third-order valence-corrected chi connectivity index (χ3v) is 3.20. The molecule has 0 saturated heterocycles. The Balaban J connectivity index is 1.97. The van der Waals surface area contributed by atoms with Gasteiger partial charge in [-0.25, -0.2) is 0 Å². The average Bonchev–Trinajstić information content (AvgIpc) is 2.59. The first-order valence-electron chi connectivity index (χ1n) is 5.53. The second kappa shape index (κ2) is 3.90. The second-order valence-electron chi connectivity index (χ2n) is 4.69. The zero-order valence-electron chi connectivity index (χ0n) is 9.81. The smallest absolute Gasteiger partial charge is 0.242 e.